The van der Waals surface area contributed by atoms with Gasteiger partial charge in [-0.1, -0.05) is 38.5 Å². The molecule has 0 aromatic heterocycles. The number of fused-ring (bicyclic) bond motifs is 1. The van der Waals surface area contributed by atoms with E-state index in [2.05, 4.69) is 31.3 Å². The van der Waals surface area contributed by atoms with Crippen LogP contribution in [0.3, 0.4) is 0 Å². The van der Waals surface area contributed by atoms with E-state index in [1.807, 2.05) is 17.9 Å². The Morgan fingerprint density at radius 2 is 2.11 bits per heavy atom. The molecule has 1 aliphatic heterocycles. The molecule has 1 amide bonds. The lowest BCUT2D eigenvalue weighted by molar-refractivity contribution is -0.120. The van der Waals surface area contributed by atoms with Gasteiger partial charge in [0, 0.05) is 12.1 Å². The van der Waals surface area contributed by atoms with Crippen LogP contribution in [0.1, 0.15) is 43.9 Å². The third-order valence-electron chi connectivity index (χ3n) is 3.51. The normalized spacial score (nSPS) is 18.3. The number of likely N-dealkylation sites (N-methyl/N-ethyl adjacent to an activating group) is 1. The smallest absolute Gasteiger partial charge is 0.248 e. The first-order valence-electron chi connectivity index (χ1n) is 6.85. The zero-order valence-corrected chi connectivity index (χ0v) is 11.5. The van der Waals surface area contributed by atoms with Crippen LogP contribution in [0.2, 0.25) is 0 Å². The van der Waals surface area contributed by atoms with Gasteiger partial charge in [0.05, 0.1) is 5.69 Å². The van der Waals surface area contributed by atoms with Crippen molar-refractivity contribution in [3.63, 3.8) is 0 Å². The third kappa shape index (κ3) is 2.15. The number of nitrogens with zero attached hydrogens (tertiary/aromatic N) is 1. The summed E-state index contributed by atoms with van der Waals surface area (Å²) in [5, 5.41) is 3.29. The molecule has 0 spiro atoms. The summed E-state index contributed by atoms with van der Waals surface area (Å²) in [6.45, 7) is 7.92. The van der Waals surface area contributed by atoms with Gasteiger partial charge in [0.15, 0.2) is 0 Å². The number of rotatable bonds is 5. The second-order valence-corrected chi connectivity index (χ2v) is 4.85. The maximum absolute atomic E-state index is 12.5. The summed E-state index contributed by atoms with van der Waals surface area (Å²) >= 11 is 0. The number of aryl methyl sites for hydroxylation is 1. The van der Waals surface area contributed by atoms with Gasteiger partial charge in [-0.25, -0.2) is 0 Å². The van der Waals surface area contributed by atoms with E-state index in [0.29, 0.717) is 0 Å². The summed E-state index contributed by atoms with van der Waals surface area (Å²) in [6.07, 6.45) is 2.16. The Labute approximate surface area is 109 Å². The van der Waals surface area contributed by atoms with Crippen molar-refractivity contribution in [1.82, 2.24) is 5.32 Å². The lowest BCUT2D eigenvalue weighted by Crippen LogP contribution is -2.35. The van der Waals surface area contributed by atoms with E-state index >= 15 is 0 Å². The van der Waals surface area contributed by atoms with Crippen LogP contribution in [0, 0.1) is 6.92 Å². The SMILES string of the molecule is CCCCN1C(=O)C(NCC)c2cccc(C)c21. The molecule has 1 aromatic rings. The van der Waals surface area contributed by atoms with Crippen molar-refractivity contribution in [2.75, 3.05) is 18.0 Å². The van der Waals surface area contributed by atoms with Crippen molar-refractivity contribution >= 4 is 11.6 Å². The molecule has 0 bridgehead atoms. The molecule has 1 atom stereocenters. The van der Waals surface area contributed by atoms with Crippen molar-refractivity contribution in [2.24, 2.45) is 0 Å². The second kappa shape index (κ2) is 5.53. The number of nitrogens with one attached hydrogen (secondary N) is 1. The van der Waals surface area contributed by atoms with E-state index < -0.39 is 0 Å². The highest BCUT2D eigenvalue weighted by molar-refractivity contribution is 6.05. The van der Waals surface area contributed by atoms with Crippen LogP contribution in [-0.2, 0) is 4.79 Å². The van der Waals surface area contributed by atoms with Gasteiger partial charge in [-0.15, -0.1) is 0 Å². The standard InChI is InChI=1S/C15H22N2O/c1-4-6-10-17-14-11(3)8-7-9-12(14)13(15(17)18)16-5-2/h7-9,13,16H,4-6,10H2,1-3H3. The van der Waals surface area contributed by atoms with Crippen LogP contribution in [0.4, 0.5) is 5.69 Å². The van der Waals surface area contributed by atoms with E-state index in [0.717, 1.165) is 37.2 Å². The van der Waals surface area contributed by atoms with Gasteiger partial charge < -0.3 is 10.2 Å². The minimum Gasteiger partial charge on any atom is -0.310 e. The van der Waals surface area contributed by atoms with E-state index in [1.54, 1.807) is 0 Å². The predicted molar refractivity (Wildman–Crippen MR) is 74.9 cm³/mol. The lowest BCUT2D eigenvalue weighted by Gasteiger charge is -2.19. The van der Waals surface area contributed by atoms with Crippen molar-refractivity contribution in [2.45, 2.75) is 39.7 Å². The predicted octanol–water partition coefficient (Wildman–Crippen LogP) is 2.79. The molecule has 0 aliphatic carbocycles. The van der Waals surface area contributed by atoms with E-state index in [1.165, 1.54) is 5.56 Å². The Morgan fingerprint density at radius 1 is 1.33 bits per heavy atom. The Hall–Kier alpha value is -1.35. The van der Waals surface area contributed by atoms with Gasteiger partial charge in [0.2, 0.25) is 5.91 Å². The second-order valence-electron chi connectivity index (χ2n) is 4.85. The zero-order chi connectivity index (χ0) is 13.1. The summed E-state index contributed by atoms with van der Waals surface area (Å²) in [5.41, 5.74) is 3.46. The highest BCUT2D eigenvalue weighted by atomic mass is 16.2. The molecule has 1 aliphatic rings. The molecule has 1 unspecified atom stereocenters. The summed E-state index contributed by atoms with van der Waals surface area (Å²) in [4.78, 5) is 14.4. The third-order valence-corrected chi connectivity index (χ3v) is 3.51. The molecule has 98 valence electrons. The largest absolute Gasteiger partial charge is 0.310 e. The van der Waals surface area contributed by atoms with Gasteiger partial charge in [0.25, 0.3) is 0 Å². The van der Waals surface area contributed by atoms with Crippen molar-refractivity contribution in [1.29, 1.82) is 0 Å². The molecule has 1 N–H and O–H groups in total. The maximum Gasteiger partial charge on any atom is 0.248 e. The number of para-hydroxylation sites is 1. The first-order valence-corrected chi connectivity index (χ1v) is 6.85. The molecule has 1 heterocycles. The monoisotopic (exact) mass is 246 g/mol. The molecule has 0 saturated carbocycles. The molecule has 2 rings (SSSR count). The quantitative estimate of drug-likeness (QED) is 0.866. The van der Waals surface area contributed by atoms with Crippen molar-refractivity contribution < 1.29 is 4.79 Å². The average Bonchev–Trinajstić information content (AvgIpc) is 2.63. The highest BCUT2D eigenvalue weighted by Gasteiger charge is 2.36. The number of amides is 1. The molecule has 0 fully saturated rings. The fourth-order valence-corrected chi connectivity index (χ4v) is 2.62. The molecular formula is C15H22N2O. The number of hydrogen-bond donors (Lipinski definition) is 1. The van der Waals surface area contributed by atoms with Gasteiger partial charge in [-0.05, 0) is 25.5 Å². The molecule has 3 nitrogen and oxygen atoms in total. The topological polar surface area (TPSA) is 32.3 Å². The van der Waals surface area contributed by atoms with E-state index in [4.69, 9.17) is 0 Å². The average molecular weight is 246 g/mol. The Balaban J connectivity index is 2.37. The molecular weight excluding hydrogens is 224 g/mol. The number of hydrogen-bond acceptors (Lipinski definition) is 2. The molecule has 0 saturated heterocycles. The molecule has 0 radical (unpaired) electrons. The fraction of sp³-hybridized carbons (Fsp3) is 0.533. The van der Waals surface area contributed by atoms with Crippen LogP contribution in [-0.4, -0.2) is 19.0 Å². The Kier molecular flexibility index (Phi) is 4.02. The van der Waals surface area contributed by atoms with Gasteiger partial charge in [0.1, 0.15) is 6.04 Å². The van der Waals surface area contributed by atoms with Crippen LogP contribution in [0.5, 0.6) is 0 Å². The summed E-state index contributed by atoms with van der Waals surface area (Å²) in [6, 6.07) is 6.04. The fourth-order valence-electron chi connectivity index (χ4n) is 2.62. The minimum absolute atomic E-state index is 0.151. The van der Waals surface area contributed by atoms with Crippen molar-refractivity contribution in [3.05, 3.63) is 29.3 Å². The van der Waals surface area contributed by atoms with Crippen LogP contribution in [0.15, 0.2) is 18.2 Å². The van der Waals surface area contributed by atoms with E-state index in [9.17, 15) is 4.79 Å². The Morgan fingerprint density at radius 3 is 2.78 bits per heavy atom. The number of carbonyl (C=O) groups excluding carboxylic acids is 1. The summed E-state index contributed by atoms with van der Waals surface area (Å²) in [5.74, 6) is 0.203. The van der Waals surface area contributed by atoms with E-state index in [-0.39, 0.29) is 11.9 Å². The minimum atomic E-state index is -0.151. The summed E-state index contributed by atoms with van der Waals surface area (Å²) in [7, 11) is 0. The highest BCUT2D eigenvalue weighted by Crippen LogP contribution is 2.38. The first-order chi connectivity index (χ1) is 8.70. The van der Waals surface area contributed by atoms with Crippen LogP contribution in [0.25, 0.3) is 0 Å². The number of benzene rings is 1. The van der Waals surface area contributed by atoms with Gasteiger partial charge in [-0.3, -0.25) is 4.79 Å². The number of anilines is 1. The van der Waals surface area contributed by atoms with Crippen molar-refractivity contribution in [3.8, 4) is 0 Å². The van der Waals surface area contributed by atoms with Crippen LogP contribution < -0.4 is 10.2 Å². The molecule has 18 heavy (non-hydrogen) atoms. The first kappa shape index (κ1) is 13.1. The van der Waals surface area contributed by atoms with Gasteiger partial charge >= 0.3 is 0 Å². The lowest BCUT2D eigenvalue weighted by atomic mass is 10.1. The molecule has 3 heteroatoms. The Bertz CT molecular complexity index is 442. The summed E-state index contributed by atoms with van der Waals surface area (Å²) < 4.78 is 0. The maximum atomic E-state index is 12.5. The number of carbonyl (C=O) groups is 1. The molecule has 1 aromatic carbocycles. The number of unbranched alkanes of at least 4 members (excludes halogenated alkanes) is 1. The zero-order valence-electron chi connectivity index (χ0n) is 11.5. The van der Waals surface area contributed by atoms with Gasteiger partial charge in [-0.2, -0.15) is 0 Å². The van der Waals surface area contributed by atoms with Crippen LogP contribution >= 0.6 is 0 Å².